The molecule has 0 atom stereocenters. The van der Waals surface area contributed by atoms with Crippen molar-refractivity contribution in [1.29, 1.82) is 0 Å². The van der Waals surface area contributed by atoms with Crippen molar-refractivity contribution in [1.82, 2.24) is 19.7 Å². The summed E-state index contributed by atoms with van der Waals surface area (Å²) in [5, 5.41) is 0. The third kappa shape index (κ3) is 3.45. The van der Waals surface area contributed by atoms with Gasteiger partial charge in [0.1, 0.15) is 10.6 Å². The Bertz CT molecular complexity index is 740. The van der Waals surface area contributed by atoms with Crippen molar-refractivity contribution in [2.24, 2.45) is 12.9 Å². The van der Waals surface area contributed by atoms with Crippen molar-refractivity contribution in [3.63, 3.8) is 0 Å². The first-order valence-electron chi connectivity index (χ1n) is 6.01. The average molecular weight is 309 g/mol. The lowest BCUT2D eigenvalue weighted by atomic mass is 10.4. The number of nitrogens with zero attached hydrogens (tertiary/aromatic N) is 2. The topological polar surface area (TPSA) is 119 Å². The number of hydrazine groups is 1. The Morgan fingerprint density at radius 2 is 2.19 bits per heavy atom. The molecule has 1 amide bonds. The third-order valence-corrected chi connectivity index (χ3v) is 4.19. The second-order valence-electron chi connectivity index (χ2n) is 4.29. The van der Waals surface area contributed by atoms with Crippen LogP contribution in [-0.2, 0) is 23.6 Å². The number of hydrogen-bond donors (Lipinski definition) is 3. The van der Waals surface area contributed by atoms with E-state index in [9.17, 15) is 13.2 Å². The van der Waals surface area contributed by atoms with E-state index in [0.717, 1.165) is 0 Å². The summed E-state index contributed by atoms with van der Waals surface area (Å²) in [7, 11) is -2.18. The summed E-state index contributed by atoms with van der Waals surface area (Å²) >= 11 is 0. The SMILES string of the molecule is Cn1cc(S(=O)(=O)NCc2ccccn2)cc1C(=O)NN. The summed E-state index contributed by atoms with van der Waals surface area (Å²) in [5.74, 6) is 4.47. The van der Waals surface area contributed by atoms with Crippen LogP contribution in [0.4, 0.5) is 0 Å². The predicted molar refractivity (Wildman–Crippen MR) is 75.3 cm³/mol. The number of carbonyl (C=O) groups is 1. The molecule has 2 aromatic rings. The van der Waals surface area contributed by atoms with Crippen LogP contribution in [0.15, 0.2) is 41.6 Å². The molecule has 0 unspecified atom stereocenters. The lowest BCUT2D eigenvalue weighted by molar-refractivity contribution is 0.0945. The zero-order valence-corrected chi connectivity index (χ0v) is 12.1. The summed E-state index contributed by atoms with van der Waals surface area (Å²) in [6.45, 7) is 0.0660. The molecule has 0 radical (unpaired) electrons. The van der Waals surface area contributed by atoms with Gasteiger partial charge in [-0.3, -0.25) is 15.2 Å². The van der Waals surface area contributed by atoms with Gasteiger partial charge in [-0.1, -0.05) is 6.07 Å². The minimum atomic E-state index is -3.73. The maximum absolute atomic E-state index is 12.2. The normalized spacial score (nSPS) is 11.3. The first-order chi connectivity index (χ1) is 9.94. The molecule has 0 aliphatic carbocycles. The fourth-order valence-electron chi connectivity index (χ4n) is 1.74. The van der Waals surface area contributed by atoms with Crippen molar-refractivity contribution in [3.8, 4) is 0 Å². The van der Waals surface area contributed by atoms with Crippen LogP contribution >= 0.6 is 0 Å². The molecule has 0 bridgehead atoms. The maximum atomic E-state index is 12.2. The van der Waals surface area contributed by atoms with E-state index in [-0.39, 0.29) is 17.1 Å². The molecule has 0 spiro atoms. The Balaban J connectivity index is 2.18. The van der Waals surface area contributed by atoms with Crippen LogP contribution in [0.2, 0.25) is 0 Å². The third-order valence-electron chi connectivity index (χ3n) is 2.82. The van der Waals surface area contributed by atoms with E-state index in [0.29, 0.717) is 5.69 Å². The lowest BCUT2D eigenvalue weighted by Crippen LogP contribution is -2.31. The molecule has 0 saturated carbocycles. The fraction of sp³-hybridized carbons (Fsp3) is 0.167. The average Bonchev–Trinajstić information content (AvgIpc) is 2.88. The van der Waals surface area contributed by atoms with E-state index >= 15 is 0 Å². The van der Waals surface area contributed by atoms with Crippen molar-refractivity contribution in [3.05, 3.63) is 48.0 Å². The van der Waals surface area contributed by atoms with Gasteiger partial charge in [0, 0.05) is 19.4 Å². The first-order valence-corrected chi connectivity index (χ1v) is 7.49. The molecule has 9 heteroatoms. The molecule has 112 valence electrons. The Labute approximate surface area is 122 Å². The highest BCUT2D eigenvalue weighted by atomic mass is 32.2. The van der Waals surface area contributed by atoms with Gasteiger partial charge in [-0.25, -0.2) is 19.0 Å². The Morgan fingerprint density at radius 3 is 2.81 bits per heavy atom. The van der Waals surface area contributed by atoms with Crippen LogP contribution in [-0.4, -0.2) is 23.9 Å². The van der Waals surface area contributed by atoms with E-state index in [1.807, 2.05) is 5.43 Å². The summed E-state index contributed by atoms with van der Waals surface area (Å²) in [6.07, 6.45) is 2.92. The van der Waals surface area contributed by atoms with E-state index in [1.165, 1.54) is 16.8 Å². The number of nitrogens with one attached hydrogen (secondary N) is 2. The van der Waals surface area contributed by atoms with E-state index in [1.54, 1.807) is 31.4 Å². The van der Waals surface area contributed by atoms with Crippen molar-refractivity contribution < 1.29 is 13.2 Å². The summed E-state index contributed by atoms with van der Waals surface area (Å²) in [6, 6.07) is 6.47. The number of nitrogen functional groups attached to an aromatic ring is 1. The lowest BCUT2D eigenvalue weighted by Gasteiger charge is -2.04. The Hall–Kier alpha value is -2.23. The number of aryl methyl sites for hydroxylation is 1. The highest BCUT2D eigenvalue weighted by Crippen LogP contribution is 2.13. The molecule has 21 heavy (non-hydrogen) atoms. The highest BCUT2D eigenvalue weighted by molar-refractivity contribution is 7.89. The van der Waals surface area contributed by atoms with Gasteiger partial charge in [-0.15, -0.1) is 0 Å². The number of amides is 1. The fourth-order valence-corrected chi connectivity index (χ4v) is 2.80. The van der Waals surface area contributed by atoms with E-state index in [2.05, 4.69) is 9.71 Å². The number of carbonyl (C=O) groups excluding carboxylic acids is 1. The number of hydrogen-bond acceptors (Lipinski definition) is 5. The van der Waals surface area contributed by atoms with Crippen LogP contribution in [0.3, 0.4) is 0 Å². The molecule has 2 aromatic heterocycles. The van der Waals surface area contributed by atoms with E-state index < -0.39 is 15.9 Å². The minimum Gasteiger partial charge on any atom is -0.345 e. The van der Waals surface area contributed by atoms with Crippen LogP contribution in [0.1, 0.15) is 16.2 Å². The van der Waals surface area contributed by atoms with Gasteiger partial charge < -0.3 is 4.57 Å². The van der Waals surface area contributed by atoms with Crippen molar-refractivity contribution >= 4 is 15.9 Å². The number of rotatable bonds is 5. The molecular formula is C12H15N5O3S. The first kappa shape index (κ1) is 15.2. The predicted octanol–water partition coefficient (Wildman–Crippen LogP) is -0.498. The molecule has 0 aliphatic heterocycles. The van der Waals surface area contributed by atoms with Gasteiger partial charge >= 0.3 is 0 Å². The minimum absolute atomic E-state index is 0.0143. The maximum Gasteiger partial charge on any atom is 0.281 e. The van der Waals surface area contributed by atoms with Gasteiger partial charge in [0.2, 0.25) is 10.0 Å². The zero-order chi connectivity index (χ0) is 15.5. The summed E-state index contributed by atoms with van der Waals surface area (Å²) < 4.78 is 28.1. The molecule has 2 rings (SSSR count). The zero-order valence-electron chi connectivity index (χ0n) is 11.3. The second kappa shape index (κ2) is 6.04. The molecular weight excluding hydrogens is 294 g/mol. The molecule has 4 N–H and O–H groups in total. The van der Waals surface area contributed by atoms with Gasteiger partial charge in [-0.2, -0.15) is 0 Å². The van der Waals surface area contributed by atoms with Gasteiger partial charge in [-0.05, 0) is 18.2 Å². The standard InChI is InChI=1S/C12H15N5O3S/c1-17-8-10(6-11(17)12(18)16-13)21(19,20)15-7-9-4-2-3-5-14-9/h2-6,8,15H,7,13H2,1H3,(H,16,18). The molecule has 0 fully saturated rings. The number of nitrogens with two attached hydrogens (primary N) is 1. The van der Waals surface area contributed by atoms with Crippen molar-refractivity contribution in [2.75, 3.05) is 0 Å². The number of sulfonamides is 1. The van der Waals surface area contributed by atoms with Gasteiger partial charge in [0.05, 0.1) is 12.2 Å². The highest BCUT2D eigenvalue weighted by Gasteiger charge is 2.20. The summed E-state index contributed by atoms with van der Waals surface area (Å²) in [4.78, 5) is 15.5. The molecule has 0 aromatic carbocycles. The monoisotopic (exact) mass is 309 g/mol. The second-order valence-corrected chi connectivity index (χ2v) is 6.06. The smallest absolute Gasteiger partial charge is 0.281 e. The molecule has 8 nitrogen and oxygen atoms in total. The van der Waals surface area contributed by atoms with Gasteiger partial charge in [0.25, 0.3) is 5.91 Å². The molecule has 2 heterocycles. The quantitative estimate of drug-likeness (QED) is 0.391. The number of pyridine rings is 1. The Morgan fingerprint density at radius 1 is 1.43 bits per heavy atom. The van der Waals surface area contributed by atoms with Gasteiger partial charge in [0.15, 0.2) is 0 Å². The largest absolute Gasteiger partial charge is 0.345 e. The number of aromatic nitrogens is 2. The summed E-state index contributed by atoms with van der Waals surface area (Å²) in [5.41, 5.74) is 2.70. The van der Waals surface area contributed by atoms with E-state index in [4.69, 9.17) is 5.84 Å². The molecule has 0 saturated heterocycles. The van der Waals surface area contributed by atoms with Crippen LogP contribution in [0, 0.1) is 0 Å². The van der Waals surface area contributed by atoms with Crippen LogP contribution < -0.4 is 16.0 Å². The van der Waals surface area contributed by atoms with Crippen LogP contribution in [0.25, 0.3) is 0 Å². The van der Waals surface area contributed by atoms with Crippen LogP contribution in [0.5, 0.6) is 0 Å². The van der Waals surface area contributed by atoms with Crippen molar-refractivity contribution in [2.45, 2.75) is 11.4 Å². The molecule has 0 aliphatic rings. The Kier molecular flexibility index (Phi) is 4.36.